The van der Waals surface area contributed by atoms with Crippen molar-refractivity contribution in [2.75, 3.05) is 13.1 Å². The van der Waals surface area contributed by atoms with E-state index in [1.54, 1.807) is 0 Å². The van der Waals surface area contributed by atoms with Gasteiger partial charge in [-0.05, 0) is 118 Å². The third-order valence-corrected chi connectivity index (χ3v) is 10.9. The quantitative estimate of drug-likeness (QED) is 0.461. The number of aliphatic carboxylic acids is 1. The number of hydrogen-bond acceptors (Lipinski definition) is 4. The van der Waals surface area contributed by atoms with Gasteiger partial charge in [-0.15, -0.1) is 0 Å². The third-order valence-electron chi connectivity index (χ3n) is 10.9. The third kappa shape index (κ3) is 4.47. The SMILES string of the molecule is C[C@H](NC(=O)CCC[C@@H](C)[C@H]1CC[C@H]2[C@@H]3[C@@H](O)C[C@@H]4CNCC[C@]4(C)[C@H]3CC[C@]12C)C(=O)O. The topological polar surface area (TPSA) is 98.7 Å². The molecule has 0 radical (unpaired) electrons. The molecule has 1 aliphatic heterocycles. The van der Waals surface area contributed by atoms with Gasteiger partial charge in [0.2, 0.25) is 5.91 Å². The lowest BCUT2D eigenvalue weighted by atomic mass is 9.45. The van der Waals surface area contributed by atoms with E-state index < -0.39 is 12.0 Å². The van der Waals surface area contributed by atoms with Crippen molar-refractivity contribution >= 4 is 11.9 Å². The van der Waals surface area contributed by atoms with Gasteiger partial charge >= 0.3 is 5.97 Å². The second-order valence-corrected chi connectivity index (χ2v) is 12.5. The number of fused-ring (bicyclic) bond motifs is 5. The molecule has 4 fully saturated rings. The average Bonchev–Trinajstić information content (AvgIpc) is 3.11. The summed E-state index contributed by atoms with van der Waals surface area (Å²) in [5, 5.41) is 26.5. The molecule has 0 spiro atoms. The van der Waals surface area contributed by atoms with Crippen LogP contribution in [0.15, 0.2) is 0 Å². The van der Waals surface area contributed by atoms with Gasteiger partial charge in [0.1, 0.15) is 6.04 Å². The molecule has 0 aromatic rings. The fourth-order valence-corrected chi connectivity index (χ4v) is 9.00. The second-order valence-electron chi connectivity index (χ2n) is 12.5. The van der Waals surface area contributed by atoms with Gasteiger partial charge in [0.15, 0.2) is 0 Å². The molecule has 33 heavy (non-hydrogen) atoms. The number of rotatable bonds is 7. The highest BCUT2D eigenvalue weighted by Crippen LogP contribution is 2.67. The lowest BCUT2D eigenvalue weighted by Gasteiger charge is -2.62. The molecule has 4 rings (SSSR count). The Morgan fingerprint density at radius 3 is 2.55 bits per heavy atom. The van der Waals surface area contributed by atoms with E-state index in [-0.39, 0.29) is 17.4 Å². The van der Waals surface area contributed by atoms with Crippen molar-refractivity contribution < 1.29 is 19.8 Å². The van der Waals surface area contributed by atoms with Gasteiger partial charge in [0.05, 0.1) is 6.10 Å². The van der Waals surface area contributed by atoms with Gasteiger partial charge in [-0.25, -0.2) is 0 Å². The van der Waals surface area contributed by atoms with Crippen molar-refractivity contribution in [1.29, 1.82) is 0 Å². The van der Waals surface area contributed by atoms with Crippen LogP contribution in [-0.2, 0) is 9.59 Å². The maximum Gasteiger partial charge on any atom is 0.325 e. The number of aliphatic hydroxyl groups excluding tert-OH is 1. The molecule has 3 aliphatic carbocycles. The van der Waals surface area contributed by atoms with Crippen LogP contribution in [0, 0.1) is 46.3 Å². The summed E-state index contributed by atoms with van der Waals surface area (Å²) < 4.78 is 0. The molecule has 0 bridgehead atoms. The molecule has 0 unspecified atom stereocenters. The minimum atomic E-state index is -0.994. The zero-order valence-electron chi connectivity index (χ0n) is 21.1. The Labute approximate surface area is 199 Å². The maximum absolute atomic E-state index is 12.1. The molecule has 10 atom stereocenters. The van der Waals surface area contributed by atoms with Gasteiger partial charge in [-0.3, -0.25) is 9.59 Å². The molecule has 6 heteroatoms. The molecular weight excluding hydrogens is 416 g/mol. The Hall–Kier alpha value is -1.14. The summed E-state index contributed by atoms with van der Waals surface area (Å²) in [5.74, 6) is 2.36. The van der Waals surface area contributed by atoms with E-state index in [1.807, 2.05) is 0 Å². The van der Waals surface area contributed by atoms with E-state index in [0.29, 0.717) is 47.3 Å². The Kier molecular flexibility index (Phi) is 7.18. The molecule has 188 valence electrons. The molecule has 0 aromatic carbocycles. The van der Waals surface area contributed by atoms with Crippen molar-refractivity contribution in [2.24, 2.45) is 46.3 Å². The lowest BCUT2D eigenvalue weighted by Crippen LogP contribution is -2.60. The highest BCUT2D eigenvalue weighted by molar-refractivity contribution is 5.83. The van der Waals surface area contributed by atoms with Crippen molar-refractivity contribution in [3.63, 3.8) is 0 Å². The first-order chi connectivity index (χ1) is 15.6. The monoisotopic (exact) mass is 462 g/mol. The van der Waals surface area contributed by atoms with E-state index in [4.69, 9.17) is 5.11 Å². The van der Waals surface area contributed by atoms with Gasteiger partial charge in [0, 0.05) is 6.42 Å². The minimum absolute atomic E-state index is 0.161. The molecule has 6 nitrogen and oxygen atoms in total. The van der Waals surface area contributed by atoms with Crippen LogP contribution < -0.4 is 10.6 Å². The predicted molar refractivity (Wildman–Crippen MR) is 128 cm³/mol. The highest BCUT2D eigenvalue weighted by atomic mass is 16.4. The van der Waals surface area contributed by atoms with Crippen LogP contribution in [0.5, 0.6) is 0 Å². The van der Waals surface area contributed by atoms with Crippen LogP contribution in [-0.4, -0.2) is 47.3 Å². The number of hydrogen-bond donors (Lipinski definition) is 4. The first-order valence-electron chi connectivity index (χ1n) is 13.5. The fourth-order valence-electron chi connectivity index (χ4n) is 9.00. The number of carbonyl (C=O) groups excluding carboxylic acids is 1. The zero-order valence-corrected chi connectivity index (χ0v) is 21.1. The average molecular weight is 463 g/mol. The summed E-state index contributed by atoms with van der Waals surface area (Å²) in [4.78, 5) is 23.0. The van der Waals surface area contributed by atoms with Gasteiger partial charge in [-0.1, -0.05) is 20.8 Å². The molecule has 1 heterocycles. The van der Waals surface area contributed by atoms with E-state index in [1.165, 1.54) is 39.0 Å². The number of carbonyl (C=O) groups is 2. The van der Waals surface area contributed by atoms with Crippen LogP contribution >= 0.6 is 0 Å². The molecule has 1 amide bonds. The molecule has 4 N–H and O–H groups in total. The number of aliphatic hydroxyl groups is 1. The minimum Gasteiger partial charge on any atom is -0.480 e. The molecular formula is C27H46N2O4. The summed E-state index contributed by atoms with van der Waals surface area (Å²) in [6.07, 6.45) is 9.24. The highest BCUT2D eigenvalue weighted by Gasteiger charge is 2.62. The summed E-state index contributed by atoms with van der Waals surface area (Å²) in [6, 6.07) is -0.831. The Morgan fingerprint density at radius 2 is 1.82 bits per heavy atom. The second kappa shape index (κ2) is 9.49. The summed E-state index contributed by atoms with van der Waals surface area (Å²) >= 11 is 0. The normalized spacial score (nSPS) is 44.2. The smallest absolute Gasteiger partial charge is 0.325 e. The van der Waals surface area contributed by atoms with Crippen LogP contribution in [0.4, 0.5) is 0 Å². The van der Waals surface area contributed by atoms with Crippen LogP contribution in [0.3, 0.4) is 0 Å². The van der Waals surface area contributed by atoms with Gasteiger partial charge in [0.25, 0.3) is 0 Å². The molecule has 0 aromatic heterocycles. The number of carboxylic acid groups (broad SMARTS) is 1. The van der Waals surface area contributed by atoms with Crippen LogP contribution in [0.1, 0.15) is 85.5 Å². The Balaban J connectivity index is 1.38. The number of amides is 1. The summed E-state index contributed by atoms with van der Waals surface area (Å²) in [7, 11) is 0. The van der Waals surface area contributed by atoms with Crippen LogP contribution in [0.2, 0.25) is 0 Å². The zero-order chi connectivity index (χ0) is 24.0. The molecule has 4 aliphatic rings. The Bertz CT molecular complexity index is 744. The maximum atomic E-state index is 12.1. The van der Waals surface area contributed by atoms with E-state index >= 15 is 0 Å². The number of carboxylic acids is 1. The molecule has 1 saturated heterocycles. The predicted octanol–water partition coefficient (Wildman–Crippen LogP) is 3.82. The number of piperidine rings is 1. The van der Waals surface area contributed by atoms with Gasteiger partial charge in [-0.2, -0.15) is 0 Å². The summed E-state index contributed by atoms with van der Waals surface area (Å²) in [6.45, 7) is 11.1. The van der Waals surface area contributed by atoms with Crippen molar-refractivity contribution in [3.8, 4) is 0 Å². The Morgan fingerprint density at radius 1 is 1.09 bits per heavy atom. The molecule has 3 saturated carbocycles. The fraction of sp³-hybridized carbons (Fsp3) is 0.926. The van der Waals surface area contributed by atoms with Crippen molar-refractivity contribution in [2.45, 2.75) is 97.6 Å². The number of nitrogens with one attached hydrogen (secondary N) is 2. The first kappa shape index (κ1) is 25.0. The largest absolute Gasteiger partial charge is 0.480 e. The van der Waals surface area contributed by atoms with Crippen molar-refractivity contribution in [1.82, 2.24) is 10.6 Å². The van der Waals surface area contributed by atoms with Gasteiger partial charge < -0.3 is 20.8 Å². The van der Waals surface area contributed by atoms with E-state index in [0.717, 1.165) is 32.4 Å². The summed E-state index contributed by atoms with van der Waals surface area (Å²) in [5.41, 5.74) is 0.665. The van der Waals surface area contributed by atoms with E-state index in [2.05, 4.69) is 31.4 Å². The first-order valence-corrected chi connectivity index (χ1v) is 13.5. The van der Waals surface area contributed by atoms with E-state index in [9.17, 15) is 14.7 Å². The van der Waals surface area contributed by atoms with Crippen LogP contribution in [0.25, 0.3) is 0 Å². The van der Waals surface area contributed by atoms with Crippen molar-refractivity contribution in [3.05, 3.63) is 0 Å². The lowest BCUT2D eigenvalue weighted by molar-refractivity contribution is -0.161. The standard InChI is InChI=1S/C27H46N2O4/c1-16(6-5-7-23(31)29-17(2)25(32)33)19-8-9-20-24-21(10-11-27(19,20)4)26(3)12-13-28-15-18(26)14-22(24)30/h16-22,24,28,30H,5-15H2,1-4H3,(H,29,31)(H,32,33)/t16-,17+,18-,19-,20+,21+,22+,24+,26+,27-/m1/s1.